The number of hydrogen-bond acceptors (Lipinski definition) is 4. The number of hydrogen-bond donors (Lipinski definition) is 4. The Morgan fingerprint density at radius 2 is 0.786 bits per heavy atom. The summed E-state index contributed by atoms with van der Waals surface area (Å²) in [5.74, 6) is -4.71. The van der Waals surface area contributed by atoms with Crippen molar-refractivity contribution in [2.45, 2.75) is 0 Å². The van der Waals surface area contributed by atoms with Crippen LogP contribution in [0.25, 0.3) is 10.8 Å². The van der Waals surface area contributed by atoms with Gasteiger partial charge in [-0.1, -0.05) is 36.4 Å². The molecule has 0 bridgehead atoms. The van der Waals surface area contributed by atoms with Crippen LogP contribution in [0.3, 0.4) is 0 Å². The minimum atomic E-state index is -1.23. The molecule has 0 saturated heterocycles. The summed E-state index contributed by atoms with van der Waals surface area (Å²) < 4.78 is 0. The van der Waals surface area contributed by atoms with E-state index in [1.807, 2.05) is 0 Å². The number of benzene rings is 3. The highest BCUT2D eigenvalue weighted by Gasteiger charge is 2.15. The van der Waals surface area contributed by atoms with Crippen LogP contribution < -0.4 is 0 Å². The molecule has 0 spiro atoms. The summed E-state index contributed by atoms with van der Waals surface area (Å²) in [6, 6.07) is 14.8. The first-order valence-corrected chi connectivity index (χ1v) is 7.78. The number of carboxylic acid groups (broad SMARTS) is 4. The van der Waals surface area contributed by atoms with Gasteiger partial charge < -0.3 is 20.4 Å². The minimum absolute atomic E-state index is 0.00972. The van der Waals surface area contributed by atoms with Crippen LogP contribution in [0.2, 0.25) is 0 Å². The lowest BCUT2D eigenvalue weighted by atomic mass is 9.99. The van der Waals surface area contributed by atoms with Gasteiger partial charge in [-0.05, 0) is 29.7 Å². The summed E-state index contributed by atoms with van der Waals surface area (Å²) in [4.78, 5) is 42.9. The molecule has 142 valence electrons. The molecule has 0 unspecified atom stereocenters. The predicted octanol–water partition coefficient (Wildman–Crippen LogP) is 3.32. The molecule has 0 aliphatic heterocycles. The molecule has 0 saturated carbocycles. The van der Waals surface area contributed by atoms with E-state index in [9.17, 15) is 19.2 Å². The quantitative estimate of drug-likeness (QED) is 0.537. The van der Waals surface area contributed by atoms with Crippen molar-refractivity contribution in [3.05, 3.63) is 82.9 Å². The van der Waals surface area contributed by atoms with Gasteiger partial charge >= 0.3 is 23.9 Å². The fourth-order valence-electron chi connectivity index (χ4n) is 2.55. The summed E-state index contributed by atoms with van der Waals surface area (Å²) in [6.07, 6.45) is 0. The van der Waals surface area contributed by atoms with Crippen molar-refractivity contribution in [2.24, 2.45) is 0 Å². The molecule has 0 atom stereocenters. The van der Waals surface area contributed by atoms with Crippen LogP contribution in [-0.2, 0) is 0 Å². The monoisotopic (exact) mass is 382 g/mol. The number of fused-ring (bicyclic) bond motifs is 1. The lowest BCUT2D eigenvalue weighted by molar-refractivity contribution is 0.0651. The third kappa shape index (κ3) is 4.31. The van der Waals surface area contributed by atoms with E-state index in [1.165, 1.54) is 36.4 Å². The maximum absolute atomic E-state index is 11.0. The Morgan fingerprint density at radius 1 is 0.464 bits per heavy atom. The van der Waals surface area contributed by atoms with Crippen molar-refractivity contribution >= 4 is 34.6 Å². The average Bonchev–Trinajstić information content (AvgIpc) is 2.67. The standard InChI is InChI=1S/C12H8O4.C8H6O4/c13-11(14)8-5-1-3-7-4-2-6-9(10(7)8)12(15)16;9-7(10)5-3-1-2-4-6(5)8(11)12/h1-6H,(H,13,14)(H,15,16);1-4H,(H,9,10)(H,11,12). The summed E-state index contributed by atoms with van der Waals surface area (Å²) in [6.45, 7) is 0. The van der Waals surface area contributed by atoms with Gasteiger partial charge in [0, 0.05) is 5.39 Å². The Bertz CT molecular complexity index is 1000. The van der Waals surface area contributed by atoms with E-state index < -0.39 is 23.9 Å². The van der Waals surface area contributed by atoms with E-state index in [0.717, 1.165) is 0 Å². The second-order valence-corrected chi connectivity index (χ2v) is 5.48. The Labute approximate surface area is 157 Å². The van der Waals surface area contributed by atoms with Crippen LogP contribution in [0.15, 0.2) is 60.7 Å². The fraction of sp³-hybridized carbons (Fsp3) is 0. The highest BCUT2D eigenvalue weighted by molar-refractivity contribution is 6.12. The molecule has 8 nitrogen and oxygen atoms in total. The number of aromatic carboxylic acids is 4. The largest absolute Gasteiger partial charge is 0.478 e. The first-order chi connectivity index (χ1) is 13.2. The molecule has 8 heteroatoms. The Hall–Kier alpha value is -4.20. The first kappa shape index (κ1) is 20.1. The van der Waals surface area contributed by atoms with Crippen molar-refractivity contribution in [3.63, 3.8) is 0 Å². The number of carbonyl (C=O) groups is 4. The molecule has 0 fully saturated rings. The second-order valence-electron chi connectivity index (χ2n) is 5.48. The van der Waals surface area contributed by atoms with Crippen molar-refractivity contribution in [1.82, 2.24) is 0 Å². The zero-order valence-corrected chi connectivity index (χ0v) is 14.2. The molecular weight excluding hydrogens is 368 g/mol. The lowest BCUT2D eigenvalue weighted by Gasteiger charge is -2.05. The van der Waals surface area contributed by atoms with Crippen LogP contribution >= 0.6 is 0 Å². The van der Waals surface area contributed by atoms with Crippen LogP contribution in [0.5, 0.6) is 0 Å². The predicted molar refractivity (Wildman–Crippen MR) is 98.2 cm³/mol. The Balaban J connectivity index is 0.000000209. The Kier molecular flexibility index (Phi) is 6.07. The molecule has 0 aromatic heterocycles. The highest BCUT2D eigenvalue weighted by Crippen LogP contribution is 2.23. The smallest absolute Gasteiger partial charge is 0.336 e. The van der Waals surface area contributed by atoms with Gasteiger partial charge in [0.25, 0.3) is 0 Å². The van der Waals surface area contributed by atoms with Gasteiger partial charge in [0.1, 0.15) is 0 Å². The normalized spacial score (nSPS) is 9.86. The summed E-state index contributed by atoms with van der Waals surface area (Å²) >= 11 is 0. The topological polar surface area (TPSA) is 149 Å². The van der Waals surface area contributed by atoms with Crippen molar-refractivity contribution in [2.75, 3.05) is 0 Å². The molecule has 0 aliphatic carbocycles. The van der Waals surface area contributed by atoms with E-state index in [1.54, 1.807) is 24.3 Å². The zero-order chi connectivity index (χ0) is 20.8. The molecule has 4 N–H and O–H groups in total. The molecule has 0 heterocycles. The summed E-state index contributed by atoms with van der Waals surface area (Å²) in [7, 11) is 0. The minimum Gasteiger partial charge on any atom is -0.478 e. The van der Waals surface area contributed by atoms with Crippen molar-refractivity contribution in [3.8, 4) is 0 Å². The van der Waals surface area contributed by atoms with Gasteiger partial charge in [-0.25, -0.2) is 19.2 Å². The van der Waals surface area contributed by atoms with Gasteiger partial charge in [0.2, 0.25) is 0 Å². The average molecular weight is 382 g/mol. The Morgan fingerprint density at radius 3 is 1.11 bits per heavy atom. The van der Waals surface area contributed by atoms with Gasteiger partial charge in [0.15, 0.2) is 0 Å². The van der Waals surface area contributed by atoms with Gasteiger partial charge in [-0.3, -0.25) is 0 Å². The maximum Gasteiger partial charge on any atom is 0.336 e. The van der Waals surface area contributed by atoms with Crippen LogP contribution in [-0.4, -0.2) is 44.3 Å². The third-order valence-electron chi connectivity index (χ3n) is 3.75. The van der Waals surface area contributed by atoms with Crippen molar-refractivity contribution < 1.29 is 39.6 Å². The van der Waals surface area contributed by atoms with E-state index in [0.29, 0.717) is 5.39 Å². The van der Waals surface area contributed by atoms with E-state index >= 15 is 0 Å². The van der Waals surface area contributed by atoms with Crippen LogP contribution in [0, 0.1) is 0 Å². The molecule has 3 rings (SSSR count). The molecule has 0 amide bonds. The number of carboxylic acids is 4. The van der Waals surface area contributed by atoms with Crippen LogP contribution in [0.1, 0.15) is 41.4 Å². The molecule has 0 radical (unpaired) electrons. The SMILES string of the molecule is O=C(O)c1cccc2cccc(C(=O)O)c12.O=C(O)c1ccccc1C(=O)O. The third-order valence-corrected chi connectivity index (χ3v) is 3.75. The second kappa shape index (κ2) is 8.45. The number of rotatable bonds is 4. The molecule has 3 aromatic carbocycles. The molecule has 0 aliphatic rings. The van der Waals surface area contributed by atoms with E-state index in [4.69, 9.17) is 20.4 Å². The van der Waals surface area contributed by atoms with Gasteiger partial charge in [-0.15, -0.1) is 0 Å². The zero-order valence-electron chi connectivity index (χ0n) is 14.2. The van der Waals surface area contributed by atoms with E-state index in [-0.39, 0.29) is 27.6 Å². The summed E-state index contributed by atoms with van der Waals surface area (Å²) in [5, 5.41) is 36.0. The van der Waals surface area contributed by atoms with Crippen molar-refractivity contribution in [1.29, 1.82) is 0 Å². The maximum atomic E-state index is 11.0. The van der Waals surface area contributed by atoms with Crippen LogP contribution in [0.4, 0.5) is 0 Å². The first-order valence-electron chi connectivity index (χ1n) is 7.78. The summed E-state index contributed by atoms with van der Waals surface area (Å²) in [5.41, 5.74) is -0.360. The molecule has 28 heavy (non-hydrogen) atoms. The van der Waals surface area contributed by atoms with Gasteiger partial charge in [0.05, 0.1) is 22.3 Å². The molecular formula is C20H14O8. The van der Waals surface area contributed by atoms with E-state index in [2.05, 4.69) is 0 Å². The molecule has 3 aromatic rings. The lowest BCUT2D eigenvalue weighted by Crippen LogP contribution is -2.06. The van der Waals surface area contributed by atoms with Gasteiger partial charge in [-0.2, -0.15) is 0 Å². The fourth-order valence-corrected chi connectivity index (χ4v) is 2.55. The highest BCUT2D eigenvalue weighted by atomic mass is 16.4.